The van der Waals surface area contributed by atoms with Crippen molar-refractivity contribution in [1.29, 1.82) is 0 Å². The molecule has 1 atom stereocenters. The summed E-state index contributed by atoms with van der Waals surface area (Å²) in [6, 6.07) is 4.77. The van der Waals surface area contributed by atoms with E-state index in [0.717, 1.165) is 4.90 Å². The number of rotatable bonds is 7. The summed E-state index contributed by atoms with van der Waals surface area (Å²) < 4.78 is 47.4. The van der Waals surface area contributed by atoms with Crippen LogP contribution < -0.4 is 9.47 Å². The highest BCUT2D eigenvalue weighted by atomic mass is 19.4. The summed E-state index contributed by atoms with van der Waals surface area (Å²) in [4.78, 5) is 1.14. The molecule has 7 heteroatoms. The Morgan fingerprint density at radius 3 is 2.29 bits per heavy atom. The van der Waals surface area contributed by atoms with Gasteiger partial charge < -0.3 is 14.6 Å². The molecule has 1 aromatic rings. The van der Waals surface area contributed by atoms with Crippen LogP contribution in [0.3, 0.4) is 0 Å². The van der Waals surface area contributed by atoms with Crippen LogP contribution in [-0.4, -0.2) is 50.0 Å². The molecular formula is C14H20F3NO3. The Labute approximate surface area is 122 Å². The maximum absolute atomic E-state index is 12.4. The van der Waals surface area contributed by atoms with Crippen LogP contribution in [0.25, 0.3) is 0 Å². The molecule has 0 bridgehead atoms. The molecule has 21 heavy (non-hydrogen) atoms. The average molecular weight is 307 g/mol. The van der Waals surface area contributed by atoms with Crippen LogP contribution in [0.4, 0.5) is 13.2 Å². The number of halogens is 3. The Hall–Kier alpha value is -1.47. The molecule has 1 rings (SSSR count). The van der Waals surface area contributed by atoms with E-state index in [9.17, 15) is 18.3 Å². The van der Waals surface area contributed by atoms with E-state index in [4.69, 9.17) is 9.47 Å². The molecular weight excluding hydrogens is 287 g/mol. The Morgan fingerprint density at radius 2 is 1.81 bits per heavy atom. The highest BCUT2D eigenvalue weighted by Gasteiger charge is 2.31. The van der Waals surface area contributed by atoms with Crippen molar-refractivity contribution in [2.24, 2.45) is 0 Å². The van der Waals surface area contributed by atoms with E-state index >= 15 is 0 Å². The Morgan fingerprint density at radius 1 is 1.19 bits per heavy atom. The van der Waals surface area contributed by atoms with Crippen LogP contribution in [0, 0.1) is 0 Å². The molecule has 0 spiro atoms. The predicted molar refractivity (Wildman–Crippen MR) is 72.7 cm³/mol. The second-order valence-corrected chi connectivity index (χ2v) is 4.57. The predicted octanol–water partition coefficient (Wildman–Crippen LogP) is 2.62. The highest BCUT2D eigenvalue weighted by Crippen LogP contribution is 2.30. The second kappa shape index (κ2) is 7.51. The van der Waals surface area contributed by atoms with Gasteiger partial charge in [0.2, 0.25) is 0 Å². The third-order valence-electron chi connectivity index (χ3n) is 3.07. The number of hydrogen-bond donors (Lipinski definition) is 1. The van der Waals surface area contributed by atoms with Crippen LogP contribution in [0.5, 0.6) is 11.5 Å². The first-order valence-electron chi connectivity index (χ1n) is 6.49. The molecule has 0 fully saturated rings. The molecule has 120 valence electrons. The number of aliphatic hydroxyl groups is 1. The van der Waals surface area contributed by atoms with Gasteiger partial charge in [0.1, 0.15) is 0 Å². The van der Waals surface area contributed by atoms with Gasteiger partial charge in [-0.15, -0.1) is 0 Å². The van der Waals surface area contributed by atoms with Crippen molar-refractivity contribution in [1.82, 2.24) is 4.90 Å². The second-order valence-electron chi connectivity index (χ2n) is 4.57. The maximum Gasteiger partial charge on any atom is 0.401 e. The summed E-state index contributed by atoms with van der Waals surface area (Å²) in [6.07, 6.45) is -5.32. The third kappa shape index (κ3) is 5.43. The van der Waals surface area contributed by atoms with Crippen molar-refractivity contribution >= 4 is 0 Å². The summed E-state index contributed by atoms with van der Waals surface area (Å²) in [6.45, 7) is 0.663. The van der Waals surface area contributed by atoms with Crippen LogP contribution in [0.1, 0.15) is 18.6 Å². The molecule has 0 amide bonds. The number of methoxy groups -OCH3 is 2. The topological polar surface area (TPSA) is 41.9 Å². The van der Waals surface area contributed by atoms with E-state index in [1.165, 1.54) is 14.2 Å². The van der Waals surface area contributed by atoms with Gasteiger partial charge in [-0.25, -0.2) is 0 Å². The van der Waals surface area contributed by atoms with Gasteiger partial charge in [-0.05, 0) is 24.2 Å². The first-order valence-corrected chi connectivity index (χ1v) is 6.49. The van der Waals surface area contributed by atoms with E-state index in [-0.39, 0.29) is 13.1 Å². The number of nitrogens with zero attached hydrogens (tertiary/aromatic N) is 1. The Bertz CT molecular complexity index is 452. The number of alkyl halides is 3. The molecule has 0 radical (unpaired) electrons. The zero-order valence-electron chi connectivity index (χ0n) is 12.3. The van der Waals surface area contributed by atoms with Crippen LogP contribution in [-0.2, 0) is 0 Å². The fraction of sp³-hybridized carbons (Fsp3) is 0.571. The fourth-order valence-corrected chi connectivity index (χ4v) is 1.97. The van der Waals surface area contributed by atoms with Crippen LogP contribution >= 0.6 is 0 Å². The van der Waals surface area contributed by atoms with E-state index < -0.39 is 18.8 Å². The lowest BCUT2D eigenvalue weighted by Crippen LogP contribution is -2.36. The minimum atomic E-state index is -4.28. The first-order chi connectivity index (χ1) is 9.80. The fourth-order valence-electron chi connectivity index (χ4n) is 1.97. The van der Waals surface area contributed by atoms with Gasteiger partial charge in [-0.2, -0.15) is 13.2 Å². The summed E-state index contributed by atoms with van der Waals surface area (Å²) in [7, 11) is 2.94. The van der Waals surface area contributed by atoms with E-state index in [0.29, 0.717) is 17.1 Å². The number of benzene rings is 1. The van der Waals surface area contributed by atoms with Crippen molar-refractivity contribution in [2.45, 2.75) is 19.2 Å². The minimum absolute atomic E-state index is 0.106. The molecule has 0 aliphatic rings. The third-order valence-corrected chi connectivity index (χ3v) is 3.07. The minimum Gasteiger partial charge on any atom is -0.493 e. The molecule has 0 saturated carbocycles. The van der Waals surface area contributed by atoms with Gasteiger partial charge in [-0.1, -0.05) is 13.0 Å². The Kier molecular flexibility index (Phi) is 6.29. The van der Waals surface area contributed by atoms with Gasteiger partial charge in [0.05, 0.1) is 26.9 Å². The first kappa shape index (κ1) is 17.6. The zero-order chi connectivity index (χ0) is 16.0. The van der Waals surface area contributed by atoms with Gasteiger partial charge >= 0.3 is 6.18 Å². The van der Waals surface area contributed by atoms with Gasteiger partial charge in [-0.3, -0.25) is 4.90 Å². The van der Waals surface area contributed by atoms with Crippen LogP contribution in [0.15, 0.2) is 18.2 Å². The van der Waals surface area contributed by atoms with Crippen molar-refractivity contribution in [3.05, 3.63) is 23.8 Å². The number of aliphatic hydroxyl groups excluding tert-OH is 1. The normalized spacial score (nSPS) is 13.3. The lowest BCUT2D eigenvalue weighted by Gasteiger charge is -2.25. The summed E-state index contributed by atoms with van der Waals surface area (Å²) >= 11 is 0. The van der Waals surface area contributed by atoms with Crippen molar-refractivity contribution in [3.8, 4) is 11.5 Å². The van der Waals surface area contributed by atoms with E-state index in [1.807, 2.05) is 0 Å². The monoisotopic (exact) mass is 307 g/mol. The van der Waals surface area contributed by atoms with Gasteiger partial charge in [0.15, 0.2) is 11.5 Å². The molecule has 0 heterocycles. The molecule has 0 aromatic heterocycles. The molecule has 0 saturated heterocycles. The number of hydrogen-bond acceptors (Lipinski definition) is 4. The molecule has 4 nitrogen and oxygen atoms in total. The Balaban J connectivity index is 2.80. The SMILES string of the molecule is CCN(CC(O)c1ccc(OC)c(OC)c1)CC(F)(F)F. The standard InChI is InChI=1S/C14H20F3NO3/c1-4-18(9-14(15,16)17)8-11(19)10-5-6-12(20-2)13(7-10)21-3/h5-7,11,19H,4,8-9H2,1-3H3. The average Bonchev–Trinajstić information content (AvgIpc) is 2.44. The van der Waals surface area contributed by atoms with Crippen molar-refractivity contribution < 1.29 is 27.8 Å². The van der Waals surface area contributed by atoms with E-state index in [1.54, 1.807) is 25.1 Å². The maximum atomic E-state index is 12.4. The highest BCUT2D eigenvalue weighted by molar-refractivity contribution is 5.43. The number of likely N-dealkylation sites (N-methyl/N-ethyl adjacent to an activating group) is 1. The number of ether oxygens (including phenoxy) is 2. The van der Waals surface area contributed by atoms with Gasteiger partial charge in [0.25, 0.3) is 0 Å². The summed E-state index contributed by atoms with van der Waals surface area (Å²) in [5.41, 5.74) is 0.480. The zero-order valence-corrected chi connectivity index (χ0v) is 12.3. The molecule has 1 aromatic carbocycles. The largest absolute Gasteiger partial charge is 0.493 e. The summed E-state index contributed by atoms with van der Waals surface area (Å²) in [5, 5.41) is 10.1. The van der Waals surface area contributed by atoms with Gasteiger partial charge in [0, 0.05) is 6.54 Å². The molecule has 0 aliphatic heterocycles. The van der Waals surface area contributed by atoms with Crippen molar-refractivity contribution in [3.63, 3.8) is 0 Å². The molecule has 1 unspecified atom stereocenters. The smallest absolute Gasteiger partial charge is 0.401 e. The quantitative estimate of drug-likeness (QED) is 0.841. The molecule has 0 aliphatic carbocycles. The lowest BCUT2D eigenvalue weighted by atomic mass is 10.1. The van der Waals surface area contributed by atoms with E-state index in [2.05, 4.69) is 0 Å². The van der Waals surface area contributed by atoms with Crippen LogP contribution in [0.2, 0.25) is 0 Å². The lowest BCUT2D eigenvalue weighted by molar-refractivity contribution is -0.148. The van der Waals surface area contributed by atoms with Crippen molar-refractivity contribution in [2.75, 3.05) is 33.9 Å². The summed E-state index contributed by atoms with van der Waals surface area (Å²) in [5.74, 6) is 0.920. The molecule has 1 N–H and O–H groups in total.